The quantitative estimate of drug-likeness (QED) is 0.814. The first-order chi connectivity index (χ1) is 11.7. The van der Waals surface area contributed by atoms with E-state index in [1.54, 1.807) is 11.6 Å². The van der Waals surface area contributed by atoms with Crippen molar-refractivity contribution in [3.8, 4) is 0 Å². The summed E-state index contributed by atoms with van der Waals surface area (Å²) in [6.07, 6.45) is 0.606. The van der Waals surface area contributed by atoms with Crippen molar-refractivity contribution < 1.29 is 14.3 Å². The van der Waals surface area contributed by atoms with Crippen molar-refractivity contribution in [3.63, 3.8) is 0 Å². The van der Waals surface area contributed by atoms with Crippen LogP contribution in [0.4, 0.5) is 0 Å². The summed E-state index contributed by atoms with van der Waals surface area (Å²) >= 11 is 0. The van der Waals surface area contributed by atoms with Crippen LogP contribution in [-0.4, -0.2) is 33.8 Å². The minimum Gasteiger partial charge on any atom is -0.465 e. The summed E-state index contributed by atoms with van der Waals surface area (Å²) in [7, 11) is 3.22. The fourth-order valence-electron chi connectivity index (χ4n) is 3.29. The van der Waals surface area contributed by atoms with Crippen molar-refractivity contribution in [2.45, 2.75) is 47.1 Å². The first-order valence-electron chi connectivity index (χ1n) is 8.33. The lowest BCUT2D eigenvalue weighted by Crippen LogP contribution is -2.28. The number of carbonyl (C=O) groups is 2. The van der Waals surface area contributed by atoms with Crippen molar-refractivity contribution in [1.82, 2.24) is 20.1 Å². The van der Waals surface area contributed by atoms with Crippen LogP contribution in [0.3, 0.4) is 0 Å². The normalized spacial score (nSPS) is 12.1. The second-order valence-electron chi connectivity index (χ2n) is 6.23. The molecule has 7 heteroatoms. The van der Waals surface area contributed by atoms with Gasteiger partial charge in [0.05, 0.1) is 24.4 Å². The molecule has 0 saturated heterocycles. The number of rotatable bonds is 5. The number of aromatic nitrogens is 3. The molecule has 0 aromatic carbocycles. The summed E-state index contributed by atoms with van der Waals surface area (Å²) in [5, 5.41) is 7.39. The van der Waals surface area contributed by atoms with E-state index in [4.69, 9.17) is 4.74 Å². The first-order valence-corrected chi connectivity index (χ1v) is 8.33. The molecule has 0 unspecified atom stereocenters. The summed E-state index contributed by atoms with van der Waals surface area (Å²) in [5.74, 6) is -0.686. The number of amides is 1. The zero-order valence-corrected chi connectivity index (χ0v) is 15.9. The van der Waals surface area contributed by atoms with Crippen LogP contribution in [0.15, 0.2) is 0 Å². The Bertz CT molecular complexity index is 817. The van der Waals surface area contributed by atoms with Gasteiger partial charge in [0.15, 0.2) is 0 Å². The van der Waals surface area contributed by atoms with Crippen LogP contribution in [0.5, 0.6) is 0 Å². The highest BCUT2D eigenvalue weighted by Gasteiger charge is 2.25. The predicted molar refractivity (Wildman–Crippen MR) is 94.8 cm³/mol. The Labute approximate surface area is 147 Å². The highest BCUT2D eigenvalue weighted by Crippen LogP contribution is 2.23. The number of methoxy groups -OCH3 is 1. The number of aromatic amines is 1. The summed E-state index contributed by atoms with van der Waals surface area (Å²) in [5.41, 5.74) is 5.05. The molecule has 136 valence electrons. The average molecular weight is 346 g/mol. The number of ether oxygens (including phenoxy) is 1. The van der Waals surface area contributed by atoms with Crippen molar-refractivity contribution in [3.05, 3.63) is 39.5 Å². The van der Waals surface area contributed by atoms with Crippen molar-refractivity contribution in [1.29, 1.82) is 0 Å². The van der Waals surface area contributed by atoms with Gasteiger partial charge in [-0.15, -0.1) is 0 Å². The van der Waals surface area contributed by atoms with Crippen LogP contribution in [0, 0.1) is 20.8 Å². The van der Waals surface area contributed by atoms with Gasteiger partial charge in [0.1, 0.15) is 5.69 Å². The second kappa shape index (κ2) is 7.13. The van der Waals surface area contributed by atoms with Gasteiger partial charge in [-0.2, -0.15) is 5.10 Å². The third kappa shape index (κ3) is 3.31. The molecule has 0 fully saturated rings. The molecule has 1 amide bonds. The lowest BCUT2D eigenvalue weighted by Gasteiger charge is -2.15. The molecule has 0 radical (unpaired) electrons. The summed E-state index contributed by atoms with van der Waals surface area (Å²) in [6.45, 7) is 9.50. The second-order valence-corrected chi connectivity index (χ2v) is 6.23. The molecule has 2 aromatic rings. The highest BCUT2D eigenvalue weighted by molar-refractivity contribution is 6.00. The van der Waals surface area contributed by atoms with Gasteiger partial charge in [-0.3, -0.25) is 9.48 Å². The molecule has 7 nitrogen and oxygen atoms in total. The maximum atomic E-state index is 12.7. The molecule has 2 rings (SSSR count). The van der Waals surface area contributed by atoms with E-state index < -0.39 is 5.97 Å². The fourth-order valence-corrected chi connectivity index (χ4v) is 3.29. The monoisotopic (exact) mass is 346 g/mol. The van der Waals surface area contributed by atoms with E-state index in [1.807, 2.05) is 34.7 Å². The number of esters is 1. The van der Waals surface area contributed by atoms with Gasteiger partial charge in [-0.05, 0) is 39.7 Å². The largest absolute Gasteiger partial charge is 0.465 e. The lowest BCUT2D eigenvalue weighted by molar-refractivity contribution is 0.0599. The molecule has 2 heterocycles. The number of hydrogen-bond donors (Lipinski definition) is 2. The zero-order chi connectivity index (χ0) is 18.9. The lowest BCUT2D eigenvalue weighted by atomic mass is 10.1. The number of nitrogens with one attached hydrogen (secondary N) is 2. The molecule has 0 spiro atoms. The Hall–Kier alpha value is -2.57. The smallest absolute Gasteiger partial charge is 0.339 e. The Morgan fingerprint density at radius 1 is 1.32 bits per heavy atom. The van der Waals surface area contributed by atoms with E-state index >= 15 is 0 Å². The summed E-state index contributed by atoms with van der Waals surface area (Å²) < 4.78 is 6.64. The third-order valence-corrected chi connectivity index (χ3v) is 4.64. The molecular formula is C18H26N4O3. The van der Waals surface area contributed by atoms with Crippen LogP contribution in [0.25, 0.3) is 0 Å². The number of nitrogens with zero attached hydrogens (tertiary/aromatic N) is 2. The number of H-pyrrole nitrogens is 1. The van der Waals surface area contributed by atoms with Crippen molar-refractivity contribution in [2.24, 2.45) is 7.05 Å². The van der Waals surface area contributed by atoms with Crippen LogP contribution < -0.4 is 5.32 Å². The molecule has 25 heavy (non-hydrogen) atoms. The van der Waals surface area contributed by atoms with Gasteiger partial charge < -0.3 is 15.0 Å². The Kier molecular flexibility index (Phi) is 5.35. The van der Waals surface area contributed by atoms with Crippen molar-refractivity contribution in [2.75, 3.05) is 7.11 Å². The number of aryl methyl sites for hydroxylation is 3. The van der Waals surface area contributed by atoms with E-state index in [0.29, 0.717) is 28.9 Å². The Morgan fingerprint density at radius 3 is 2.44 bits per heavy atom. The van der Waals surface area contributed by atoms with Crippen LogP contribution in [-0.2, 0) is 18.2 Å². The molecule has 2 aromatic heterocycles. The maximum absolute atomic E-state index is 12.7. The molecule has 1 atom stereocenters. The molecule has 0 bridgehead atoms. The topological polar surface area (TPSA) is 89.0 Å². The predicted octanol–water partition coefficient (Wildman–Crippen LogP) is 2.51. The fraction of sp³-hybridized carbons (Fsp3) is 0.500. The van der Waals surface area contributed by atoms with Crippen LogP contribution >= 0.6 is 0 Å². The summed E-state index contributed by atoms with van der Waals surface area (Å²) in [6, 6.07) is -0.199. The highest BCUT2D eigenvalue weighted by atomic mass is 16.5. The van der Waals surface area contributed by atoms with Gasteiger partial charge in [0.2, 0.25) is 0 Å². The molecule has 0 saturated carbocycles. The standard InChI is InChI=1S/C18H26N4O3/c1-8-13-14(18(24)25-7)9(2)16(20-13)17(23)19-10(3)15-11(4)21-22(6)12(15)5/h10,20H,8H2,1-7H3,(H,19,23)/t10-/m0/s1. The van der Waals surface area contributed by atoms with E-state index in [9.17, 15) is 9.59 Å². The van der Waals surface area contributed by atoms with Gasteiger partial charge in [-0.1, -0.05) is 6.92 Å². The Morgan fingerprint density at radius 2 is 1.96 bits per heavy atom. The molecule has 0 aliphatic carbocycles. The number of carbonyl (C=O) groups excluding carboxylic acids is 2. The first kappa shape index (κ1) is 18.8. The minimum atomic E-state index is -0.434. The van der Waals surface area contributed by atoms with Crippen LogP contribution in [0.2, 0.25) is 0 Å². The van der Waals surface area contributed by atoms with Gasteiger partial charge >= 0.3 is 5.97 Å². The van der Waals surface area contributed by atoms with E-state index in [1.165, 1.54) is 7.11 Å². The van der Waals surface area contributed by atoms with Crippen molar-refractivity contribution >= 4 is 11.9 Å². The van der Waals surface area contributed by atoms with Gasteiger partial charge in [0.25, 0.3) is 5.91 Å². The summed E-state index contributed by atoms with van der Waals surface area (Å²) in [4.78, 5) is 27.8. The molecule has 0 aliphatic rings. The number of hydrogen-bond acceptors (Lipinski definition) is 4. The van der Waals surface area contributed by atoms with E-state index in [-0.39, 0.29) is 11.9 Å². The molecule has 2 N–H and O–H groups in total. The third-order valence-electron chi connectivity index (χ3n) is 4.64. The molecule has 0 aliphatic heterocycles. The van der Waals surface area contributed by atoms with E-state index in [0.717, 1.165) is 17.0 Å². The SMILES string of the molecule is CCc1[nH]c(C(=O)N[C@@H](C)c2c(C)nn(C)c2C)c(C)c1C(=O)OC. The van der Waals surface area contributed by atoms with Gasteiger partial charge in [-0.25, -0.2) is 4.79 Å². The average Bonchev–Trinajstić information content (AvgIpc) is 3.02. The minimum absolute atomic E-state index is 0.199. The Balaban J connectivity index is 2.32. The molecular weight excluding hydrogens is 320 g/mol. The van der Waals surface area contributed by atoms with Crippen LogP contribution in [0.1, 0.15) is 68.9 Å². The maximum Gasteiger partial charge on any atom is 0.339 e. The van der Waals surface area contributed by atoms with Gasteiger partial charge in [0, 0.05) is 24.0 Å². The van der Waals surface area contributed by atoms with E-state index in [2.05, 4.69) is 15.4 Å². The zero-order valence-electron chi connectivity index (χ0n) is 15.9.